The Morgan fingerprint density at radius 1 is 0.742 bits per heavy atom. The quantitative estimate of drug-likeness (QED) is 0.0693. The summed E-state index contributed by atoms with van der Waals surface area (Å²) in [5.74, 6) is -6.43. The van der Waals surface area contributed by atoms with E-state index in [9.17, 15) is 74.7 Å². The average molecular weight is 1420 g/mol. The van der Waals surface area contributed by atoms with Gasteiger partial charge in [-0.05, 0) is 138 Å². The molecule has 97 heavy (non-hydrogen) atoms. The third kappa shape index (κ3) is 19.3. The molecule has 6 amide bonds. The number of benzene rings is 2. The topological polar surface area (TPSA) is 411 Å². The van der Waals surface area contributed by atoms with E-state index in [0.29, 0.717) is 5.92 Å². The minimum atomic E-state index is -2.03. The number of hydrogen-bond donors (Lipinski definition) is 15. The summed E-state index contributed by atoms with van der Waals surface area (Å²) < 4.78 is 11.5. The lowest BCUT2D eigenvalue weighted by atomic mass is 9.72. The van der Waals surface area contributed by atoms with Gasteiger partial charge in [0.1, 0.15) is 40.2 Å². The highest BCUT2D eigenvalue weighted by molar-refractivity contribution is 7.14. The molecule has 4 saturated heterocycles. The van der Waals surface area contributed by atoms with Crippen molar-refractivity contribution in [2.75, 3.05) is 78.1 Å². The van der Waals surface area contributed by atoms with Gasteiger partial charge >= 0.3 is 0 Å². The summed E-state index contributed by atoms with van der Waals surface area (Å²) in [6.07, 6.45) is 0.205. The van der Waals surface area contributed by atoms with E-state index in [2.05, 4.69) is 71.3 Å². The molecule has 0 radical (unpaired) electrons. The van der Waals surface area contributed by atoms with Crippen molar-refractivity contribution in [1.82, 2.24) is 51.9 Å². The molecule has 15 N–H and O–H groups in total. The SMILES string of the molecule is COc1cc(C[C@@H](O)[C@@H]2NC(=O)[C@@H]3C[C@@H](O)CN3C(=O)[C@H]([C@@H](C)O)NC(=O)[C@@H](NCC3CCC(c4nnc(-c5ccc(N6CCC(OC)(C7CCCCC7)CC6)cc5)s4)CC3)C[C@@H](O)CNC(=O)C3[C@@H](O)[C@@H](C)CN3C(=O)[C@H]([C@H](O)CCNC(CO)CO)NC2=O)ccc1O.Cl.Cl. The van der Waals surface area contributed by atoms with Gasteiger partial charge in [0.15, 0.2) is 11.5 Å². The molecule has 0 spiro atoms. The van der Waals surface area contributed by atoms with E-state index >= 15 is 0 Å². The molecule has 2 aromatic carbocycles. The lowest BCUT2D eigenvalue weighted by Crippen LogP contribution is -2.64. The first kappa shape index (κ1) is 78.7. The lowest BCUT2D eigenvalue weighted by Gasteiger charge is -2.47. The zero-order valence-electron chi connectivity index (χ0n) is 55.6. The number of methoxy groups -OCH3 is 2. The molecule has 9 rings (SSSR count). The number of aromatic hydroxyl groups is 1. The van der Waals surface area contributed by atoms with Crippen molar-refractivity contribution in [3.05, 3.63) is 53.0 Å². The number of carbonyl (C=O) groups excluding carboxylic acids is 6. The number of aromatic nitrogens is 2. The predicted octanol–water partition coefficient (Wildman–Crippen LogP) is -0.256. The lowest BCUT2D eigenvalue weighted by molar-refractivity contribution is -0.147. The van der Waals surface area contributed by atoms with Crippen LogP contribution in [-0.2, 0) is 39.9 Å². The highest BCUT2D eigenvalue weighted by atomic mass is 35.5. The first-order valence-electron chi connectivity index (χ1n) is 33.7. The van der Waals surface area contributed by atoms with Crippen molar-refractivity contribution in [2.45, 2.75) is 201 Å². The van der Waals surface area contributed by atoms with Gasteiger partial charge in [-0.1, -0.05) is 43.6 Å². The summed E-state index contributed by atoms with van der Waals surface area (Å²) >= 11 is 1.57. The smallest absolute Gasteiger partial charge is 0.248 e. The minimum absolute atomic E-state index is 0. The average Bonchev–Trinajstić information content (AvgIpc) is 1.78. The highest BCUT2D eigenvalue weighted by Crippen LogP contribution is 2.43. The number of fused-ring (bicyclic) bond motifs is 2. The van der Waals surface area contributed by atoms with Crippen LogP contribution in [0.5, 0.6) is 11.5 Å². The summed E-state index contributed by atoms with van der Waals surface area (Å²) in [4.78, 5) is 92.6. The van der Waals surface area contributed by atoms with Gasteiger partial charge in [-0.2, -0.15) is 0 Å². The van der Waals surface area contributed by atoms with Crippen LogP contribution in [0, 0.1) is 17.8 Å². The molecule has 28 nitrogen and oxygen atoms in total. The molecule has 2 aliphatic carbocycles. The Balaban J connectivity index is 0.00000663. The number of hydrogen-bond acceptors (Lipinski definition) is 23. The number of nitrogens with one attached hydrogen (secondary N) is 6. The maximum absolute atomic E-state index is 15.0. The van der Waals surface area contributed by atoms with E-state index < -0.39 is 159 Å². The molecule has 1 aromatic heterocycles. The number of phenols is 1. The Hall–Kier alpha value is -5.64. The maximum atomic E-state index is 15.0. The summed E-state index contributed by atoms with van der Waals surface area (Å²) in [7, 11) is 3.17. The summed E-state index contributed by atoms with van der Waals surface area (Å²) in [5.41, 5.74) is 2.40. The van der Waals surface area contributed by atoms with Crippen LogP contribution >= 0.6 is 36.2 Å². The Bertz CT molecular complexity index is 3060. The first-order valence-corrected chi connectivity index (χ1v) is 34.5. The highest BCUT2D eigenvalue weighted by Gasteiger charge is 2.50. The number of phenolic OH excluding ortho intramolecular Hbond substituents is 1. The Morgan fingerprint density at radius 3 is 2.05 bits per heavy atom. The fraction of sp³-hybridized carbons (Fsp3) is 0.697. The molecule has 5 heterocycles. The molecule has 31 heteroatoms. The van der Waals surface area contributed by atoms with Gasteiger partial charge in [-0.25, -0.2) is 0 Å². The third-order valence-electron chi connectivity index (χ3n) is 20.6. The second kappa shape index (κ2) is 36.1. The molecule has 13 atom stereocenters. The van der Waals surface area contributed by atoms with Crippen molar-refractivity contribution < 1.29 is 84.2 Å². The van der Waals surface area contributed by atoms with Gasteiger partial charge in [0.2, 0.25) is 35.4 Å². The second-order valence-electron chi connectivity index (χ2n) is 27.0. The van der Waals surface area contributed by atoms with Crippen LogP contribution in [0.25, 0.3) is 10.6 Å². The number of anilines is 1. The largest absolute Gasteiger partial charge is 0.504 e. The van der Waals surface area contributed by atoms with Crippen molar-refractivity contribution >= 4 is 77.3 Å². The van der Waals surface area contributed by atoms with E-state index in [1.807, 2.05) is 7.11 Å². The van der Waals surface area contributed by atoms with E-state index in [4.69, 9.17) is 9.47 Å². The molecule has 3 aromatic rings. The Morgan fingerprint density at radius 2 is 1.40 bits per heavy atom. The molecular formula is C66H101Cl2N11O17S. The van der Waals surface area contributed by atoms with Gasteiger partial charge in [-0.3, -0.25) is 28.8 Å². The Kier molecular flexibility index (Phi) is 29.3. The van der Waals surface area contributed by atoms with Crippen LogP contribution < -0.4 is 41.5 Å². The fourth-order valence-corrected chi connectivity index (χ4v) is 15.8. The van der Waals surface area contributed by atoms with Crippen LogP contribution in [0.15, 0.2) is 42.5 Å². The summed E-state index contributed by atoms with van der Waals surface area (Å²) in [5, 5.41) is 126. The molecule has 6 fully saturated rings. The van der Waals surface area contributed by atoms with Crippen LogP contribution in [0.3, 0.4) is 0 Å². The fourth-order valence-electron chi connectivity index (χ4n) is 14.8. The summed E-state index contributed by atoms with van der Waals surface area (Å²) in [6.45, 7) is 2.54. The van der Waals surface area contributed by atoms with Crippen LogP contribution in [0.4, 0.5) is 5.69 Å². The Labute approximate surface area is 582 Å². The number of amides is 6. The van der Waals surface area contributed by atoms with Gasteiger partial charge in [-0.15, -0.1) is 35.0 Å². The van der Waals surface area contributed by atoms with Crippen molar-refractivity contribution in [2.24, 2.45) is 17.8 Å². The summed E-state index contributed by atoms with van der Waals surface area (Å²) in [6, 6.07) is 1.45. The number of rotatable bonds is 20. The molecule has 0 bridgehead atoms. The predicted molar refractivity (Wildman–Crippen MR) is 363 cm³/mol. The zero-order valence-corrected chi connectivity index (χ0v) is 58.0. The van der Waals surface area contributed by atoms with Crippen LogP contribution in [0.2, 0.25) is 0 Å². The molecule has 4 aliphatic heterocycles. The number of ether oxygens (including phenoxy) is 2. The van der Waals surface area contributed by atoms with Crippen LogP contribution in [0.1, 0.15) is 120 Å². The van der Waals surface area contributed by atoms with Gasteiger partial charge in [0.25, 0.3) is 0 Å². The molecule has 542 valence electrons. The monoisotopic (exact) mass is 1420 g/mol. The van der Waals surface area contributed by atoms with E-state index in [1.54, 1.807) is 18.3 Å². The number of piperidine rings is 1. The number of aliphatic hydroxyl groups excluding tert-OH is 8. The maximum Gasteiger partial charge on any atom is 0.248 e. The number of halogens is 2. The van der Waals surface area contributed by atoms with E-state index in [0.717, 1.165) is 77.0 Å². The van der Waals surface area contributed by atoms with E-state index in [1.165, 1.54) is 70.0 Å². The normalized spacial score (nSPS) is 29.1. The molecule has 2 saturated carbocycles. The minimum Gasteiger partial charge on any atom is -0.504 e. The molecule has 6 aliphatic rings. The van der Waals surface area contributed by atoms with E-state index in [-0.39, 0.29) is 91.8 Å². The third-order valence-corrected chi connectivity index (χ3v) is 21.7. The number of β-amino-alcohol motifs (C(OH)–C–C–N with tert-alkyl or cyclic N) is 1. The number of aliphatic hydroxyl groups is 8. The second-order valence-corrected chi connectivity index (χ2v) is 28.1. The van der Waals surface area contributed by atoms with Gasteiger partial charge in [0, 0.05) is 75.8 Å². The first-order chi connectivity index (χ1) is 45.5. The van der Waals surface area contributed by atoms with Crippen molar-refractivity contribution in [1.29, 1.82) is 0 Å². The zero-order chi connectivity index (χ0) is 68.3. The number of carbonyl (C=O) groups is 6. The van der Waals surface area contributed by atoms with Crippen LogP contribution in [-0.4, -0.2) is 259 Å². The number of nitrogens with zero attached hydrogens (tertiary/aromatic N) is 5. The standard InChI is InChI=1S/C66H99N11O17S.2ClH/c1-36-32-77-56(57(36)86)61(90)69-31-45(81)28-47(68-30-38-10-13-40(14-11-38)62-73-74-63(95-62)41-15-17-44(18-16-41)75-24-21-66(94-4,22-25-75)42-8-6-5-7-9-42)58(87)70-53(37(2)80)64(91)76-33-46(82)29-48(76)59(88)71-54(51(85)26-39-12-19-49(83)52(27-39)93-3)60(89)72-55(65(77)92)50(84)20-23-67-43(34-78)35-79;;/h12,15-19,27,36-38,40,42-43,45-48,50-51,53-57,67-68,78-86H,5-11,13-14,20-26,28-35H2,1-4H3,(H,69,90)(H,70,87)(H,71,88)(H,72,89);2*1H/t36-,37+,38?,40?,45+,46+,47-,48-,50+,51+,53-,54-,55-,56?,57-;;/m0../s1. The molecule has 1 unspecified atom stereocenters. The van der Waals surface area contributed by atoms with Gasteiger partial charge < -0.3 is 102 Å². The van der Waals surface area contributed by atoms with Gasteiger partial charge in [0.05, 0.1) is 74.6 Å². The van der Waals surface area contributed by atoms with Crippen molar-refractivity contribution in [3.63, 3.8) is 0 Å². The molecular weight excluding hydrogens is 1320 g/mol. The van der Waals surface area contributed by atoms with Crippen molar-refractivity contribution in [3.8, 4) is 22.1 Å².